The van der Waals surface area contributed by atoms with Crippen molar-refractivity contribution >= 4 is 11.8 Å². The van der Waals surface area contributed by atoms with E-state index in [1.54, 1.807) is 12.1 Å². The largest absolute Gasteiger partial charge is 0.490 e. The molecule has 0 unspecified atom stereocenters. The van der Waals surface area contributed by atoms with E-state index in [1.165, 1.54) is 0 Å². The fraction of sp³-hybridized carbons (Fsp3) is 0.364. The van der Waals surface area contributed by atoms with Crippen LogP contribution in [0.1, 0.15) is 35.3 Å². The van der Waals surface area contributed by atoms with Crippen LogP contribution in [0.25, 0.3) is 0 Å². The van der Waals surface area contributed by atoms with Crippen LogP contribution in [0.5, 0.6) is 11.5 Å². The van der Waals surface area contributed by atoms with E-state index >= 15 is 0 Å². The molecule has 0 aliphatic carbocycles. The lowest BCUT2D eigenvalue weighted by Gasteiger charge is -2.13. The molecular formula is C22H28N2O4. The summed E-state index contributed by atoms with van der Waals surface area (Å²) in [5.41, 5.74) is 2.49. The molecule has 0 fully saturated rings. The molecule has 6 nitrogen and oxygen atoms in total. The summed E-state index contributed by atoms with van der Waals surface area (Å²) in [6.07, 6.45) is 0.657. The third kappa shape index (κ3) is 6.30. The Labute approximate surface area is 166 Å². The van der Waals surface area contributed by atoms with Crippen molar-refractivity contribution in [3.63, 3.8) is 0 Å². The number of benzene rings is 2. The molecule has 0 spiro atoms. The summed E-state index contributed by atoms with van der Waals surface area (Å²) < 4.78 is 11.2. The molecule has 2 N–H and O–H groups in total. The summed E-state index contributed by atoms with van der Waals surface area (Å²) in [6, 6.07) is 13.0. The van der Waals surface area contributed by atoms with E-state index in [4.69, 9.17) is 9.47 Å². The number of amides is 2. The molecule has 0 saturated carbocycles. The van der Waals surface area contributed by atoms with Crippen LogP contribution in [0.3, 0.4) is 0 Å². The topological polar surface area (TPSA) is 76.7 Å². The summed E-state index contributed by atoms with van der Waals surface area (Å²) in [4.78, 5) is 24.1. The minimum Gasteiger partial charge on any atom is -0.490 e. The highest BCUT2D eigenvalue weighted by molar-refractivity contribution is 5.97. The van der Waals surface area contributed by atoms with E-state index in [9.17, 15) is 9.59 Å². The van der Waals surface area contributed by atoms with Crippen molar-refractivity contribution in [3.8, 4) is 11.5 Å². The molecule has 0 heterocycles. The van der Waals surface area contributed by atoms with Crippen molar-refractivity contribution < 1.29 is 19.1 Å². The third-order valence-electron chi connectivity index (χ3n) is 4.14. The summed E-state index contributed by atoms with van der Waals surface area (Å²) >= 11 is 0. The molecule has 2 aromatic rings. The first-order valence-electron chi connectivity index (χ1n) is 9.54. The number of rotatable bonds is 10. The zero-order chi connectivity index (χ0) is 20.4. The van der Waals surface area contributed by atoms with Crippen LogP contribution in [0.15, 0.2) is 42.5 Å². The Morgan fingerprint density at radius 2 is 1.64 bits per heavy atom. The Kier molecular flexibility index (Phi) is 8.34. The molecule has 28 heavy (non-hydrogen) atoms. The SMILES string of the molecule is CCOc1ccc(CCNC(=O)CNC(=O)c2ccccc2C)cc1OCC. The van der Waals surface area contributed by atoms with E-state index in [0.717, 1.165) is 16.9 Å². The standard InChI is InChI=1S/C22H28N2O4/c1-4-27-19-11-10-17(14-20(19)28-5-2)12-13-23-21(25)15-24-22(26)18-9-7-6-8-16(18)3/h6-11,14H,4-5,12-13,15H2,1-3H3,(H,23,25)(H,24,26). The molecule has 2 amide bonds. The first-order valence-corrected chi connectivity index (χ1v) is 9.54. The summed E-state index contributed by atoms with van der Waals surface area (Å²) in [5, 5.41) is 5.47. The van der Waals surface area contributed by atoms with Gasteiger partial charge in [-0.2, -0.15) is 0 Å². The smallest absolute Gasteiger partial charge is 0.251 e. The first-order chi connectivity index (χ1) is 13.5. The second-order valence-electron chi connectivity index (χ2n) is 6.24. The Bertz CT molecular complexity index is 805. The molecule has 0 aromatic heterocycles. The van der Waals surface area contributed by atoms with Crippen LogP contribution >= 0.6 is 0 Å². The van der Waals surface area contributed by atoms with Crippen molar-refractivity contribution in [2.75, 3.05) is 26.3 Å². The summed E-state index contributed by atoms with van der Waals surface area (Å²) in [5.74, 6) is 0.953. The molecule has 2 rings (SSSR count). The Balaban J connectivity index is 1.79. The van der Waals surface area contributed by atoms with E-state index in [2.05, 4.69) is 10.6 Å². The van der Waals surface area contributed by atoms with Crippen molar-refractivity contribution in [3.05, 3.63) is 59.2 Å². The number of ether oxygens (including phenoxy) is 2. The van der Waals surface area contributed by atoms with Gasteiger partial charge in [0.1, 0.15) is 0 Å². The lowest BCUT2D eigenvalue weighted by Crippen LogP contribution is -2.37. The highest BCUT2D eigenvalue weighted by Crippen LogP contribution is 2.28. The van der Waals surface area contributed by atoms with Crippen molar-refractivity contribution in [2.24, 2.45) is 0 Å². The fourth-order valence-electron chi connectivity index (χ4n) is 2.74. The van der Waals surface area contributed by atoms with Crippen LogP contribution in [0.2, 0.25) is 0 Å². The normalized spacial score (nSPS) is 10.2. The van der Waals surface area contributed by atoms with Crippen LogP contribution in [0, 0.1) is 6.92 Å². The van der Waals surface area contributed by atoms with E-state index in [0.29, 0.717) is 37.5 Å². The van der Waals surface area contributed by atoms with E-state index < -0.39 is 0 Å². The first kappa shape index (κ1) is 21.3. The summed E-state index contributed by atoms with van der Waals surface area (Å²) in [7, 11) is 0. The molecular weight excluding hydrogens is 356 g/mol. The van der Waals surface area contributed by atoms with Crippen molar-refractivity contribution in [1.29, 1.82) is 0 Å². The average molecular weight is 384 g/mol. The molecule has 0 bridgehead atoms. The monoisotopic (exact) mass is 384 g/mol. The van der Waals surface area contributed by atoms with Crippen molar-refractivity contribution in [1.82, 2.24) is 10.6 Å². The highest BCUT2D eigenvalue weighted by atomic mass is 16.5. The molecule has 6 heteroatoms. The van der Waals surface area contributed by atoms with E-state index in [-0.39, 0.29) is 18.4 Å². The van der Waals surface area contributed by atoms with Gasteiger partial charge in [0, 0.05) is 12.1 Å². The van der Waals surface area contributed by atoms with Gasteiger partial charge >= 0.3 is 0 Å². The maximum atomic E-state index is 12.1. The predicted molar refractivity (Wildman–Crippen MR) is 109 cm³/mol. The fourth-order valence-corrected chi connectivity index (χ4v) is 2.74. The average Bonchev–Trinajstić information content (AvgIpc) is 2.69. The number of aryl methyl sites for hydroxylation is 1. The summed E-state index contributed by atoms with van der Waals surface area (Å²) in [6.45, 7) is 7.26. The Morgan fingerprint density at radius 1 is 0.929 bits per heavy atom. The minimum absolute atomic E-state index is 0.0549. The Hall–Kier alpha value is -3.02. The third-order valence-corrected chi connectivity index (χ3v) is 4.14. The maximum absolute atomic E-state index is 12.1. The predicted octanol–water partition coefficient (Wildman–Crippen LogP) is 2.88. The van der Waals surface area contributed by atoms with Gasteiger partial charge in [-0.25, -0.2) is 0 Å². The van der Waals surface area contributed by atoms with Gasteiger partial charge in [0.15, 0.2) is 11.5 Å². The zero-order valence-corrected chi connectivity index (χ0v) is 16.7. The second-order valence-corrected chi connectivity index (χ2v) is 6.24. The van der Waals surface area contributed by atoms with E-state index in [1.807, 2.05) is 51.1 Å². The van der Waals surface area contributed by atoms with Gasteiger partial charge in [-0.05, 0) is 56.5 Å². The molecule has 150 valence electrons. The molecule has 0 aliphatic heterocycles. The van der Waals surface area contributed by atoms with Gasteiger partial charge in [-0.3, -0.25) is 9.59 Å². The number of carbonyl (C=O) groups is 2. The molecule has 2 aromatic carbocycles. The maximum Gasteiger partial charge on any atom is 0.251 e. The van der Waals surface area contributed by atoms with Crippen LogP contribution in [-0.2, 0) is 11.2 Å². The van der Waals surface area contributed by atoms with Crippen molar-refractivity contribution in [2.45, 2.75) is 27.2 Å². The highest BCUT2D eigenvalue weighted by Gasteiger charge is 2.10. The van der Waals surface area contributed by atoms with Gasteiger partial charge < -0.3 is 20.1 Å². The quantitative estimate of drug-likeness (QED) is 0.660. The molecule has 0 aliphatic rings. The van der Waals surface area contributed by atoms with Gasteiger partial charge in [0.25, 0.3) is 5.91 Å². The van der Waals surface area contributed by atoms with Crippen LogP contribution < -0.4 is 20.1 Å². The molecule has 0 radical (unpaired) electrons. The zero-order valence-electron chi connectivity index (χ0n) is 16.7. The molecule has 0 atom stereocenters. The Morgan fingerprint density at radius 3 is 2.36 bits per heavy atom. The number of carbonyl (C=O) groups excluding carboxylic acids is 2. The molecule has 0 saturated heterocycles. The number of nitrogens with one attached hydrogen (secondary N) is 2. The number of hydrogen-bond acceptors (Lipinski definition) is 4. The van der Waals surface area contributed by atoms with Crippen LogP contribution in [0.4, 0.5) is 0 Å². The van der Waals surface area contributed by atoms with Gasteiger partial charge in [0.2, 0.25) is 5.91 Å². The lowest BCUT2D eigenvalue weighted by molar-refractivity contribution is -0.120. The van der Waals surface area contributed by atoms with Gasteiger partial charge in [-0.1, -0.05) is 24.3 Å². The van der Waals surface area contributed by atoms with Gasteiger partial charge in [0.05, 0.1) is 19.8 Å². The number of hydrogen-bond donors (Lipinski definition) is 2. The lowest BCUT2D eigenvalue weighted by atomic mass is 10.1. The second kappa shape index (κ2) is 11.0. The minimum atomic E-state index is -0.249. The van der Waals surface area contributed by atoms with Gasteiger partial charge in [-0.15, -0.1) is 0 Å². The van der Waals surface area contributed by atoms with Crippen LogP contribution in [-0.4, -0.2) is 38.1 Å².